The van der Waals surface area contributed by atoms with Crippen LogP contribution in [0.1, 0.15) is 57.7 Å². The van der Waals surface area contributed by atoms with Crippen molar-refractivity contribution in [2.24, 2.45) is 0 Å². The highest BCUT2D eigenvalue weighted by molar-refractivity contribution is 7.89. The molecule has 114 valence electrons. The lowest BCUT2D eigenvalue weighted by Gasteiger charge is -2.23. The van der Waals surface area contributed by atoms with Gasteiger partial charge in [0.2, 0.25) is 10.0 Å². The van der Waals surface area contributed by atoms with E-state index in [-0.39, 0.29) is 11.5 Å². The largest absolute Gasteiger partial charge is 0.241 e. The molecule has 0 bridgehead atoms. The first kappa shape index (κ1) is 17.2. The molecule has 0 aliphatic heterocycles. The van der Waals surface area contributed by atoms with Crippen LogP contribution in [0.5, 0.6) is 0 Å². The molecule has 1 N–H and O–H groups in total. The van der Waals surface area contributed by atoms with Crippen LogP contribution in [0, 0.1) is 13.8 Å². The third kappa shape index (κ3) is 3.83. The van der Waals surface area contributed by atoms with Gasteiger partial charge in [-0.05, 0) is 49.3 Å². The van der Waals surface area contributed by atoms with Crippen molar-refractivity contribution in [3.63, 3.8) is 0 Å². The maximum Gasteiger partial charge on any atom is 0.241 e. The van der Waals surface area contributed by atoms with E-state index in [2.05, 4.69) is 25.5 Å². The predicted octanol–water partition coefficient (Wildman–Crippen LogP) is 3.68. The summed E-state index contributed by atoms with van der Waals surface area (Å²) in [7, 11) is -3.45. The van der Waals surface area contributed by atoms with E-state index in [1.165, 1.54) is 0 Å². The van der Waals surface area contributed by atoms with Crippen LogP contribution in [0.4, 0.5) is 0 Å². The Balaban J connectivity index is 3.34. The molecular formula is C16H27NO2S. The molecule has 0 fully saturated rings. The van der Waals surface area contributed by atoms with Gasteiger partial charge >= 0.3 is 0 Å². The van der Waals surface area contributed by atoms with Crippen molar-refractivity contribution in [3.05, 3.63) is 28.8 Å². The summed E-state index contributed by atoms with van der Waals surface area (Å²) < 4.78 is 27.7. The van der Waals surface area contributed by atoms with E-state index in [1.807, 2.05) is 39.8 Å². The zero-order chi connectivity index (χ0) is 15.7. The molecular weight excluding hydrogens is 270 g/mol. The third-order valence-electron chi connectivity index (χ3n) is 3.56. The first-order chi connectivity index (χ1) is 8.99. The minimum atomic E-state index is -3.45. The summed E-state index contributed by atoms with van der Waals surface area (Å²) in [4.78, 5) is 0.422. The second kappa shape index (κ2) is 5.86. The molecule has 20 heavy (non-hydrogen) atoms. The zero-order valence-corrected chi connectivity index (χ0v) is 14.5. The van der Waals surface area contributed by atoms with E-state index >= 15 is 0 Å². The molecule has 0 aliphatic rings. The molecule has 1 aromatic carbocycles. The summed E-state index contributed by atoms with van der Waals surface area (Å²) in [5.41, 5.74) is 2.80. The molecule has 1 atom stereocenters. The van der Waals surface area contributed by atoms with Crippen molar-refractivity contribution in [2.45, 2.75) is 71.2 Å². The van der Waals surface area contributed by atoms with Crippen LogP contribution in [0.2, 0.25) is 0 Å². The van der Waals surface area contributed by atoms with E-state index in [4.69, 9.17) is 0 Å². The molecule has 0 amide bonds. The van der Waals surface area contributed by atoms with Crippen LogP contribution in [0.15, 0.2) is 17.0 Å². The van der Waals surface area contributed by atoms with Gasteiger partial charge < -0.3 is 0 Å². The second-order valence-electron chi connectivity index (χ2n) is 6.62. The highest BCUT2D eigenvalue weighted by atomic mass is 32.2. The van der Waals surface area contributed by atoms with Crippen molar-refractivity contribution >= 4 is 10.0 Å². The van der Waals surface area contributed by atoms with E-state index in [9.17, 15) is 8.42 Å². The molecule has 0 aromatic heterocycles. The maximum absolute atomic E-state index is 12.5. The summed E-state index contributed by atoms with van der Waals surface area (Å²) in [6, 6.07) is 3.91. The molecule has 3 nitrogen and oxygen atoms in total. The van der Waals surface area contributed by atoms with Crippen LogP contribution >= 0.6 is 0 Å². The lowest BCUT2D eigenvalue weighted by Crippen LogP contribution is -2.33. The van der Waals surface area contributed by atoms with Gasteiger partial charge in [-0.3, -0.25) is 0 Å². The Morgan fingerprint density at radius 1 is 1.15 bits per heavy atom. The van der Waals surface area contributed by atoms with Gasteiger partial charge in [-0.15, -0.1) is 0 Å². The number of aryl methyl sites for hydroxylation is 2. The van der Waals surface area contributed by atoms with Gasteiger partial charge in [-0.25, -0.2) is 13.1 Å². The Labute approximate surface area is 123 Å². The predicted molar refractivity (Wildman–Crippen MR) is 84.7 cm³/mol. The average molecular weight is 297 g/mol. The second-order valence-corrected chi connectivity index (χ2v) is 8.27. The molecule has 0 radical (unpaired) electrons. The summed E-state index contributed by atoms with van der Waals surface area (Å²) >= 11 is 0. The Hall–Kier alpha value is -0.870. The van der Waals surface area contributed by atoms with Crippen molar-refractivity contribution in [3.8, 4) is 0 Å². The molecule has 0 heterocycles. The van der Waals surface area contributed by atoms with Crippen molar-refractivity contribution in [1.29, 1.82) is 0 Å². The van der Waals surface area contributed by atoms with Crippen LogP contribution < -0.4 is 4.72 Å². The SMILES string of the molecule is CC[C@@H](C)NS(=O)(=O)c1c(C)cc(C(C)(C)C)cc1C. The highest BCUT2D eigenvalue weighted by Gasteiger charge is 2.24. The fraction of sp³-hybridized carbons (Fsp3) is 0.625. The topological polar surface area (TPSA) is 46.2 Å². The minimum Gasteiger partial charge on any atom is -0.208 e. The van der Waals surface area contributed by atoms with Gasteiger partial charge in [0.05, 0.1) is 4.90 Å². The van der Waals surface area contributed by atoms with Crippen molar-refractivity contribution in [1.82, 2.24) is 4.72 Å². The van der Waals surface area contributed by atoms with Gasteiger partial charge in [-0.1, -0.05) is 39.8 Å². The van der Waals surface area contributed by atoms with Crippen LogP contribution in [0.25, 0.3) is 0 Å². The van der Waals surface area contributed by atoms with Crippen LogP contribution in [-0.4, -0.2) is 14.5 Å². The Morgan fingerprint density at radius 3 is 1.95 bits per heavy atom. The van der Waals surface area contributed by atoms with Crippen molar-refractivity contribution in [2.75, 3.05) is 0 Å². The third-order valence-corrected chi connectivity index (χ3v) is 5.46. The molecule has 0 saturated heterocycles. The van der Waals surface area contributed by atoms with E-state index in [1.54, 1.807) is 0 Å². The van der Waals surface area contributed by atoms with Gasteiger partial charge in [0.15, 0.2) is 0 Å². The average Bonchev–Trinajstić information content (AvgIpc) is 2.25. The lowest BCUT2D eigenvalue weighted by molar-refractivity contribution is 0.553. The fourth-order valence-electron chi connectivity index (χ4n) is 2.21. The molecule has 1 aromatic rings. The van der Waals surface area contributed by atoms with E-state index in [0.717, 1.165) is 23.1 Å². The van der Waals surface area contributed by atoms with Gasteiger partial charge in [0.1, 0.15) is 0 Å². The normalized spacial score (nSPS) is 14.3. The lowest BCUT2D eigenvalue weighted by atomic mass is 9.85. The van der Waals surface area contributed by atoms with Crippen LogP contribution in [-0.2, 0) is 15.4 Å². The first-order valence-electron chi connectivity index (χ1n) is 7.13. The summed E-state index contributed by atoms with van der Waals surface area (Å²) in [5, 5.41) is 0. The zero-order valence-electron chi connectivity index (χ0n) is 13.7. The molecule has 1 rings (SSSR count). The van der Waals surface area contributed by atoms with E-state index < -0.39 is 10.0 Å². The van der Waals surface area contributed by atoms with Crippen molar-refractivity contribution < 1.29 is 8.42 Å². The smallest absolute Gasteiger partial charge is 0.208 e. The number of benzene rings is 1. The Bertz CT molecular complexity index is 560. The number of nitrogens with one attached hydrogen (secondary N) is 1. The standard InChI is InChI=1S/C16H27NO2S/c1-8-13(4)17-20(18,19)15-11(2)9-14(10-12(15)3)16(5,6)7/h9-10,13,17H,8H2,1-7H3/t13-/m1/s1. The number of hydrogen-bond donors (Lipinski definition) is 1. The molecule has 4 heteroatoms. The molecule has 0 unspecified atom stereocenters. The summed E-state index contributed by atoms with van der Waals surface area (Å²) in [6.45, 7) is 14.0. The Kier molecular flexibility index (Phi) is 5.03. The monoisotopic (exact) mass is 297 g/mol. The maximum atomic E-state index is 12.5. The highest BCUT2D eigenvalue weighted by Crippen LogP contribution is 2.29. The molecule has 0 saturated carbocycles. The summed E-state index contributed by atoms with van der Waals surface area (Å²) in [6.07, 6.45) is 0.775. The summed E-state index contributed by atoms with van der Waals surface area (Å²) in [5.74, 6) is 0. The van der Waals surface area contributed by atoms with Crippen LogP contribution in [0.3, 0.4) is 0 Å². The number of sulfonamides is 1. The minimum absolute atomic E-state index is 0.0158. The van der Waals surface area contributed by atoms with Gasteiger partial charge in [-0.2, -0.15) is 0 Å². The van der Waals surface area contributed by atoms with E-state index in [0.29, 0.717) is 4.90 Å². The molecule has 0 spiro atoms. The quantitative estimate of drug-likeness (QED) is 0.921. The number of rotatable bonds is 4. The number of hydrogen-bond acceptors (Lipinski definition) is 2. The molecule has 0 aliphatic carbocycles. The fourth-order valence-corrected chi connectivity index (χ4v) is 3.99. The first-order valence-corrected chi connectivity index (χ1v) is 8.61. The Morgan fingerprint density at radius 2 is 1.60 bits per heavy atom. The van der Waals surface area contributed by atoms with Gasteiger partial charge in [0.25, 0.3) is 0 Å². The van der Waals surface area contributed by atoms with Gasteiger partial charge in [0, 0.05) is 6.04 Å².